The van der Waals surface area contributed by atoms with Crippen molar-refractivity contribution >= 4 is 16.8 Å². The van der Waals surface area contributed by atoms with E-state index in [9.17, 15) is 4.79 Å². The Morgan fingerprint density at radius 1 is 1.32 bits per heavy atom. The molecule has 0 aliphatic heterocycles. The van der Waals surface area contributed by atoms with Gasteiger partial charge in [0.1, 0.15) is 0 Å². The van der Waals surface area contributed by atoms with E-state index in [2.05, 4.69) is 28.3 Å². The molecule has 2 aromatic rings. The number of aryl methyl sites for hydroxylation is 1. The number of nitrogens with zero attached hydrogens (tertiary/aromatic N) is 1. The summed E-state index contributed by atoms with van der Waals surface area (Å²) in [6, 6.07) is 8.22. The van der Waals surface area contributed by atoms with Gasteiger partial charge >= 0.3 is 0 Å². The van der Waals surface area contributed by atoms with Gasteiger partial charge in [-0.05, 0) is 24.5 Å². The molecule has 1 aromatic heterocycles. The molecule has 100 valence electrons. The van der Waals surface area contributed by atoms with Gasteiger partial charge in [0.2, 0.25) is 5.91 Å². The van der Waals surface area contributed by atoms with Crippen LogP contribution in [-0.4, -0.2) is 10.5 Å². The van der Waals surface area contributed by atoms with E-state index < -0.39 is 5.41 Å². The minimum Gasteiger partial charge on any atom is -0.350 e. The monoisotopic (exact) mass is 257 g/mol. The zero-order chi connectivity index (χ0) is 13.5. The minimum absolute atomic E-state index is 0.0543. The number of aromatic nitrogens is 1. The molecule has 1 heterocycles. The molecule has 1 amide bonds. The van der Waals surface area contributed by atoms with Crippen molar-refractivity contribution in [3.8, 4) is 0 Å². The van der Waals surface area contributed by atoms with E-state index in [1.807, 2.05) is 19.2 Å². The summed E-state index contributed by atoms with van der Waals surface area (Å²) in [4.78, 5) is 12.3. The first-order valence-corrected chi connectivity index (χ1v) is 6.74. The Labute approximate surface area is 112 Å². The number of hydrogen-bond donors (Lipinski definition) is 2. The largest absolute Gasteiger partial charge is 0.350 e. The van der Waals surface area contributed by atoms with Gasteiger partial charge in [0.05, 0.1) is 5.41 Å². The number of carbonyl (C=O) groups excluding carboxylic acids is 1. The quantitative estimate of drug-likeness (QED) is 0.491. The van der Waals surface area contributed by atoms with Gasteiger partial charge in [-0.3, -0.25) is 10.2 Å². The predicted molar refractivity (Wildman–Crippen MR) is 75.4 cm³/mol. The van der Waals surface area contributed by atoms with E-state index in [0.29, 0.717) is 0 Å². The molecule has 0 bridgehead atoms. The number of amides is 1. The molecule has 19 heavy (non-hydrogen) atoms. The maximum atomic E-state index is 12.3. The molecular formula is C15H19N3O. The number of carbonyl (C=O) groups is 1. The first kappa shape index (κ1) is 12.2. The van der Waals surface area contributed by atoms with E-state index in [0.717, 1.165) is 42.1 Å². The van der Waals surface area contributed by atoms with Crippen LogP contribution in [0.15, 0.2) is 30.5 Å². The maximum absolute atomic E-state index is 12.3. The third kappa shape index (κ3) is 1.67. The molecule has 1 aliphatic carbocycles. The minimum atomic E-state index is -0.449. The van der Waals surface area contributed by atoms with Crippen LogP contribution in [0.3, 0.4) is 0 Å². The molecule has 4 nitrogen and oxygen atoms in total. The Hall–Kier alpha value is -1.81. The van der Waals surface area contributed by atoms with Gasteiger partial charge in [0.25, 0.3) is 0 Å². The van der Waals surface area contributed by atoms with Crippen LogP contribution in [-0.2, 0) is 17.3 Å². The summed E-state index contributed by atoms with van der Waals surface area (Å²) in [5.74, 6) is 5.36. The summed E-state index contributed by atoms with van der Waals surface area (Å²) >= 11 is 0. The first-order chi connectivity index (χ1) is 9.19. The van der Waals surface area contributed by atoms with Crippen LogP contribution in [0.2, 0.25) is 0 Å². The Balaban J connectivity index is 2.24. The molecule has 1 saturated carbocycles. The number of nitrogens with one attached hydrogen (secondary N) is 1. The van der Waals surface area contributed by atoms with Gasteiger partial charge in [-0.25, -0.2) is 5.84 Å². The highest BCUT2D eigenvalue weighted by atomic mass is 16.2. The lowest BCUT2D eigenvalue weighted by Gasteiger charge is -2.26. The lowest BCUT2D eigenvalue weighted by Crippen LogP contribution is -2.45. The summed E-state index contributed by atoms with van der Waals surface area (Å²) in [5, 5.41) is 1.16. The fourth-order valence-electron chi connectivity index (χ4n) is 3.46. The summed E-state index contributed by atoms with van der Waals surface area (Å²) < 4.78 is 2.09. The van der Waals surface area contributed by atoms with Crippen molar-refractivity contribution in [3.05, 3.63) is 36.0 Å². The summed E-state index contributed by atoms with van der Waals surface area (Å²) in [6.07, 6.45) is 6.01. The molecule has 4 heteroatoms. The van der Waals surface area contributed by atoms with E-state index in [1.165, 1.54) is 0 Å². The van der Waals surface area contributed by atoms with Gasteiger partial charge in [-0.15, -0.1) is 0 Å². The van der Waals surface area contributed by atoms with E-state index in [4.69, 9.17) is 5.84 Å². The summed E-state index contributed by atoms with van der Waals surface area (Å²) in [7, 11) is 2.02. The Morgan fingerprint density at radius 2 is 2.00 bits per heavy atom. The second-order valence-electron chi connectivity index (χ2n) is 5.43. The van der Waals surface area contributed by atoms with Crippen LogP contribution in [0.5, 0.6) is 0 Å². The highest BCUT2D eigenvalue weighted by Gasteiger charge is 2.44. The van der Waals surface area contributed by atoms with Crippen LogP contribution < -0.4 is 11.3 Å². The normalized spacial score (nSPS) is 17.8. The Kier molecular flexibility index (Phi) is 2.82. The molecule has 3 rings (SSSR count). The van der Waals surface area contributed by atoms with Crippen molar-refractivity contribution < 1.29 is 4.79 Å². The molecule has 0 unspecified atom stereocenters. The fourth-order valence-corrected chi connectivity index (χ4v) is 3.46. The van der Waals surface area contributed by atoms with Crippen LogP contribution in [0.25, 0.3) is 10.9 Å². The SMILES string of the molecule is Cn1cc(C2(C(=O)NN)CCCC2)c2ccccc21. The molecule has 0 saturated heterocycles. The van der Waals surface area contributed by atoms with Crippen molar-refractivity contribution in [1.82, 2.24) is 9.99 Å². The van der Waals surface area contributed by atoms with Crippen molar-refractivity contribution in [2.24, 2.45) is 12.9 Å². The Morgan fingerprint density at radius 3 is 2.68 bits per heavy atom. The average Bonchev–Trinajstić information content (AvgIpc) is 3.05. The highest BCUT2D eigenvalue weighted by Crippen LogP contribution is 2.44. The molecule has 3 N–H and O–H groups in total. The van der Waals surface area contributed by atoms with Crippen molar-refractivity contribution in [1.29, 1.82) is 0 Å². The van der Waals surface area contributed by atoms with Crippen LogP contribution in [0.4, 0.5) is 0 Å². The maximum Gasteiger partial charge on any atom is 0.244 e. The van der Waals surface area contributed by atoms with E-state index in [1.54, 1.807) is 0 Å². The number of fused-ring (bicyclic) bond motifs is 1. The number of hydrazine groups is 1. The lowest BCUT2D eigenvalue weighted by molar-refractivity contribution is -0.126. The third-order valence-electron chi connectivity index (χ3n) is 4.44. The van der Waals surface area contributed by atoms with Crippen molar-refractivity contribution in [2.75, 3.05) is 0 Å². The second kappa shape index (κ2) is 4.38. The van der Waals surface area contributed by atoms with Crippen molar-refractivity contribution in [3.63, 3.8) is 0 Å². The fraction of sp³-hybridized carbons (Fsp3) is 0.400. The van der Waals surface area contributed by atoms with Gasteiger partial charge in [0.15, 0.2) is 0 Å². The second-order valence-corrected chi connectivity index (χ2v) is 5.43. The van der Waals surface area contributed by atoms with Gasteiger partial charge < -0.3 is 4.57 Å². The summed E-state index contributed by atoms with van der Waals surface area (Å²) in [6.45, 7) is 0. The number of nitrogens with two attached hydrogens (primary N) is 1. The molecule has 1 aromatic carbocycles. The van der Waals surface area contributed by atoms with Gasteiger partial charge in [-0.1, -0.05) is 31.0 Å². The Bertz CT molecular complexity index is 623. The zero-order valence-electron chi connectivity index (χ0n) is 11.1. The molecule has 0 atom stereocenters. The molecule has 0 radical (unpaired) electrons. The van der Waals surface area contributed by atoms with Crippen LogP contribution in [0.1, 0.15) is 31.2 Å². The number of benzene rings is 1. The number of para-hydroxylation sites is 1. The van der Waals surface area contributed by atoms with Gasteiger partial charge in [-0.2, -0.15) is 0 Å². The standard InChI is InChI=1S/C15H19N3O/c1-18-10-12(11-6-2-3-7-13(11)18)15(14(19)17-16)8-4-5-9-15/h2-3,6-7,10H,4-5,8-9,16H2,1H3,(H,17,19). The average molecular weight is 257 g/mol. The topological polar surface area (TPSA) is 60.0 Å². The highest BCUT2D eigenvalue weighted by molar-refractivity contribution is 5.95. The molecule has 1 fully saturated rings. The van der Waals surface area contributed by atoms with E-state index >= 15 is 0 Å². The van der Waals surface area contributed by atoms with E-state index in [-0.39, 0.29) is 5.91 Å². The lowest BCUT2D eigenvalue weighted by atomic mass is 9.78. The molecule has 0 spiro atoms. The smallest absolute Gasteiger partial charge is 0.244 e. The van der Waals surface area contributed by atoms with Gasteiger partial charge in [0, 0.05) is 24.1 Å². The van der Waals surface area contributed by atoms with Crippen LogP contribution >= 0.6 is 0 Å². The van der Waals surface area contributed by atoms with Crippen molar-refractivity contribution in [2.45, 2.75) is 31.1 Å². The number of rotatable bonds is 2. The first-order valence-electron chi connectivity index (χ1n) is 6.74. The van der Waals surface area contributed by atoms with Crippen LogP contribution in [0, 0.1) is 0 Å². The zero-order valence-corrected chi connectivity index (χ0v) is 11.1. The summed E-state index contributed by atoms with van der Waals surface area (Å²) in [5.41, 5.74) is 4.20. The molecule has 1 aliphatic rings. The predicted octanol–water partition coefficient (Wildman–Crippen LogP) is 1.98. The number of hydrogen-bond acceptors (Lipinski definition) is 2. The molecular weight excluding hydrogens is 238 g/mol. The third-order valence-corrected chi connectivity index (χ3v) is 4.44.